The van der Waals surface area contributed by atoms with E-state index in [-0.39, 0.29) is 36.3 Å². The molecule has 2 fully saturated rings. The van der Waals surface area contributed by atoms with Crippen LogP contribution >= 0.6 is 0 Å². The maximum atomic E-state index is 13.1. The quantitative estimate of drug-likeness (QED) is 0.876. The third kappa shape index (κ3) is 5.19. The van der Waals surface area contributed by atoms with Crippen molar-refractivity contribution < 1.29 is 18.7 Å². The maximum absolute atomic E-state index is 13.1. The van der Waals surface area contributed by atoms with Crippen molar-refractivity contribution in [3.63, 3.8) is 0 Å². The van der Waals surface area contributed by atoms with Gasteiger partial charge >= 0.3 is 0 Å². The molecule has 0 spiro atoms. The first-order chi connectivity index (χ1) is 12.6. The van der Waals surface area contributed by atoms with Gasteiger partial charge in [-0.15, -0.1) is 0 Å². The lowest BCUT2D eigenvalue weighted by molar-refractivity contribution is -0.136. The number of rotatable bonds is 5. The van der Waals surface area contributed by atoms with Crippen molar-refractivity contribution in [3.05, 3.63) is 30.1 Å². The molecular formula is C20H27FN2O3. The summed E-state index contributed by atoms with van der Waals surface area (Å²) in [5.74, 6) is 0.258. The second-order valence-electron chi connectivity index (χ2n) is 7.19. The monoisotopic (exact) mass is 362 g/mol. The first-order valence-electron chi connectivity index (χ1n) is 9.61. The molecule has 6 heteroatoms. The van der Waals surface area contributed by atoms with E-state index in [2.05, 4.69) is 5.32 Å². The van der Waals surface area contributed by atoms with E-state index in [9.17, 15) is 14.0 Å². The zero-order valence-corrected chi connectivity index (χ0v) is 15.1. The summed E-state index contributed by atoms with van der Waals surface area (Å²) in [5.41, 5.74) is 0. The van der Waals surface area contributed by atoms with Crippen molar-refractivity contribution in [1.82, 2.24) is 10.2 Å². The fraction of sp³-hybridized carbons (Fsp3) is 0.600. The minimum Gasteiger partial charge on any atom is -0.488 e. The van der Waals surface area contributed by atoms with Crippen LogP contribution in [0, 0.1) is 5.82 Å². The summed E-state index contributed by atoms with van der Waals surface area (Å²) in [6.45, 7) is 0.783. The number of ether oxygens (including phenoxy) is 1. The summed E-state index contributed by atoms with van der Waals surface area (Å²) in [6, 6.07) is 5.88. The van der Waals surface area contributed by atoms with Crippen LogP contribution in [-0.2, 0) is 9.59 Å². The Hall–Kier alpha value is -2.11. The van der Waals surface area contributed by atoms with Gasteiger partial charge in [-0.3, -0.25) is 9.59 Å². The molecule has 26 heavy (non-hydrogen) atoms. The highest BCUT2D eigenvalue weighted by atomic mass is 19.1. The fourth-order valence-electron chi connectivity index (χ4n) is 3.72. The van der Waals surface area contributed by atoms with Crippen molar-refractivity contribution in [2.24, 2.45) is 0 Å². The van der Waals surface area contributed by atoms with Crippen LogP contribution in [0.5, 0.6) is 5.75 Å². The van der Waals surface area contributed by atoms with Crippen LogP contribution in [0.25, 0.3) is 0 Å². The largest absolute Gasteiger partial charge is 0.488 e. The lowest BCUT2D eigenvalue weighted by atomic mass is 9.92. The summed E-state index contributed by atoms with van der Waals surface area (Å²) in [5, 5.41) is 3.06. The van der Waals surface area contributed by atoms with Crippen molar-refractivity contribution in [2.75, 3.05) is 13.1 Å². The third-order valence-electron chi connectivity index (χ3n) is 5.16. The normalized spacial score (nSPS) is 24.0. The van der Waals surface area contributed by atoms with E-state index < -0.39 is 0 Å². The molecule has 1 saturated carbocycles. The average Bonchev–Trinajstić information content (AvgIpc) is 2.83. The molecule has 0 aromatic heterocycles. The van der Waals surface area contributed by atoms with E-state index >= 15 is 0 Å². The maximum Gasteiger partial charge on any atom is 0.239 e. The Labute approximate surface area is 153 Å². The van der Waals surface area contributed by atoms with Crippen LogP contribution in [-0.4, -0.2) is 41.9 Å². The van der Waals surface area contributed by atoms with Gasteiger partial charge in [-0.2, -0.15) is 0 Å². The van der Waals surface area contributed by atoms with Gasteiger partial charge in [0.25, 0.3) is 0 Å². The predicted molar refractivity (Wildman–Crippen MR) is 96.3 cm³/mol. The van der Waals surface area contributed by atoms with Crippen LogP contribution in [0.4, 0.5) is 4.39 Å². The van der Waals surface area contributed by atoms with Gasteiger partial charge in [-0.25, -0.2) is 4.39 Å². The molecule has 1 aromatic carbocycles. The number of carbonyl (C=O) groups is 2. The summed E-state index contributed by atoms with van der Waals surface area (Å²) in [4.78, 5) is 26.2. The number of benzene rings is 1. The number of hydrogen-bond donors (Lipinski definition) is 1. The summed E-state index contributed by atoms with van der Waals surface area (Å²) in [7, 11) is 0. The van der Waals surface area contributed by atoms with E-state index in [0.717, 1.165) is 44.9 Å². The zero-order valence-electron chi connectivity index (χ0n) is 15.1. The Bertz CT molecular complexity index is 620. The molecule has 1 aliphatic carbocycles. The Morgan fingerprint density at radius 3 is 2.69 bits per heavy atom. The van der Waals surface area contributed by atoms with E-state index in [0.29, 0.717) is 18.7 Å². The van der Waals surface area contributed by atoms with Crippen molar-refractivity contribution in [3.8, 4) is 5.75 Å². The van der Waals surface area contributed by atoms with Crippen LogP contribution in [0.2, 0.25) is 0 Å². The lowest BCUT2D eigenvalue weighted by Crippen LogP contribution is -2.51. The molecule has 5 nitrogen and oxygen atoms in total. The third-order valence-corrected chi connectivity index (χ3v) is 5.16. The van der Waals surface area contributed by atoms with Crippen molar-refractivity contribution >= 4 is 11.8 Å². The second kappa shape index (κ2) is 9.01. The number of halogens is 1. The van der Waals surface area contributed by atoms with Crippen molar-refractivity contribution in [1.29, 1.82) is 0 Å². The van der Waals surface area contributed by atoms with Crippen LogP contribution in [0.15, 0.2) is 24.3 Å². The zero-order chi connectivity index (χ0) is 18.4. The van der Waals surface area contributed by atoms with E-state index in [1.54, 1.807) is 17.0 Å². The predicted octanol–water partition coefficient (Wildman–Crippen LogP) is 3.03. The number of nitrogens with zero attached hydrogens (tertiary/aromatic N) is 1. The number of likely N-dealkylation sites (tertiary alicyclic amines) is 1. The van der Waals surface area contributed by atoms with Gasteiger partial charge < -0.3 is 15.0 Å². The number of nitrogens with one attached hydrogen (secondary N) is 1. The molecule has 1 saturated heterocycles. The molecule has 2 amide bonds. The number of amides is 2. The molecule has 1 N–H and O–H groups in total. The number of hydrogen-bond acceptors (Lipinski definition) is 3. The molecule has 1 aromatic rings. The Kier molecular flexibility index (Phi) is 6.47. The Balaban J connectivity index is 1.56. The topological polar surface area (TPSA) is 58.6 Å². The fourth-order valence-corrected chi connectivity index (χ4v) is 3.72. The van der Waals surface area contributed by atoms with Crippen LogP contribution in [0.1, 0.15) is 51.4 Å². The average molecular weight is 362 g/mol. The molecule has 2 atom stereocenters. The van der Waals surface area contributed by atoms with Gasteiger partial charge in [0.05, 0.1) is 12.6 Å². The van der Waals surface area contributed by atoms with Crippen molar-refractivity contribution in [2.45, 2.75) is 63.5 Å². The molecule has 1 aliphatic heterocycles. The van der Waals surface area contributed by atoms with Crippen LogP contribution in [0.3, 0.4) is 0 Å². The Morgan fingerprint density at radius 1 is 1.12 bits per heavy atom. The van der Waals surface area contributed by atoms with Gasteiger partial charge in [-0.05, 0) is 56.4 Å². The van der Waals surface area contributed by atoms with E-state index in [1.165, 1.54) is 12.1 Å². The highest BCUT2D eigenvalue weighted by molar-refractivity contribution is 5.85. The summed E-state index contributed by atoms with van der Waals surface area (Å²) >= 11 is 0. The highest BCUT2D eigenvalue weighted by Crippen LogP contribution is 2.24. The first-order valence-corrected chi connectivity index (χ1v) is 9.61. The van der Waals surface area contributed by atoms with E-state index in [4.69, 9.17) is 4.74 Å². The van der Waals surface area contributed by atoms with Gasteiger partial charge in [0.1, 0.15) is 17.7 Å². The molecule has 2 aliphatic rings. The van der Waals surface area contributed by atoms with Gasteiger partial charge in [0.15, 0.2) is 0 Å². The minimum absolute atomic E-state index is 0.0698. The number of carbonyl (C=O) groups excluding carboxylic acids is 2. The van der Waals surface area contributed by atoms with Crippen LogP contribution < -0.4 is 10.1 Å². The van der Waals surface area contributed by atoms with Gasteiger partial charge in [0.2, 0.25) is 11.8 Å². The molecule has 2 unspecified atom stereocenters. The molecular weight excluding hydrogens is 335 g/mol. The standard InChI is InChI=1S/C20H27FN2O3/c21-15-9-11-16(12-10-15)26-18-7-4-3-6-17(18)22-19(24)14-23-13-5-1-2-8-20(23)25/h9-12,17-18H,1-8,13-14H2,(H,22,24). The van der Waals surface area contributed by atoms with Gasteiger partial charge in [0, 0.05) is 13.0 Å². The SMILES string of the molecule is O=C(CN1CCCCCC1=O)NC1CCCCC1Oc1ccc(F)cc1. The summed E-state index contributed by atoms with van der Waals surface area (Å²) < 4.78 is 19.0. The molecule has 1 heterocycles. The molecule has 0 radical (unpaired) electrons. The first kappa shape index (κ1) is 18.7. The minimum atomic E-state index is -0.298. The summed E-state index contributed by atoms with van der Waals surface area (Å²) in [6.07, 6.45) is 7.10. The molecule has 142 valence electrons. The molecule has 0 bridgehead atoms. The highest BCUT2D eigenvalue weighted by Gasteiger charge is 2.29. The van der Waals surface area contributed by atoms with E-state index in [1.807, 2.05) is 0 Å². The second-order valence-corrected chi connectivity index (χ2v) is 7.19. The molecule has 3 rings (SSSR count). The van der Waals surface area contributed by atoms with Gasteiger partial charge in [-0.1, -0.05) is 12.8 Å². The Morgan fingerprint density at radius 2 is 1.88 bits per heavy atom. The smallest absolute Gasteiger partial charge is 0.239 e. The lowest BCUT2D eigenvalue weighted by Gasteiger charge is -2.33.